The normalized spacial score (nSPS) is 11.1. The topological polar surface area (TPSA) is 149 Å². The first-order valence-electron chi connectivity index (χ1n) is 3.83. The second-order valence-corrected chi connectivity index (χ2v) is 5.77. The van der Waals surface area contributed by atoms with Gasteiger partial charge in [-0.25, -0.2) is 0 Å². The van der Waals surface area contributed by atoms with Gasteiger partial charge in [0.1, 0.15) is 0 Å². The van der Waals surface area contributed by atoms with Crippen molar-refractivity contribution in [2.45, 2.75) is 9.79 Å². The molecule has 0 saturated carbocycles. The Labute approximate surface area is 153 Å². The summed E-state index contributed by atoms with van der Waals surface area (Å²) in [5.74, 6) is -1.86. The van der Waals surface area contributed by atoms with Crippen molar-refractivity contribution in [1.82, 2.24) is 0 Å². The molecule has 1 rings (SSSR count). The van der Waals surface area contributed by atoms with Gasteiger partial charge in [-0.15, -0.1) is 0 Å². The van der Waals surface area contributed by atoms with Gasteiger partial charge in [0.2, 0.25) is 0 Å². The van der Waals surface area contributed by atoms with Gasteiger partial charge >= 0.3 is 59.1 Å². The van der Waals surface area contributed by atoms with E-state index < -0.39 is 41.6 Å². The Bertz CT molecular complexity index is 629. The van der Waals surface area contributed by atoms with Gasteiger partial charge in [0.15, 0.2) is 0 Å². The Kier molecular flexibility index (Phi) is 8.60. The predicted octanol–water partition coefficient (Wildman–Crippen LogP) is -7.45. The van der Waals surface area contributed by atoms with E-state index in [4.69, 9.17) is 9.11 Å². The molecule has 0 atom stereocenters. The largest absolute Gasteiger partial charge is 1.00 e. The monoisotopic (exact) mass is 327 g/mol. The Morgan fingerprint density at radius 1 is 0.895 bits per heavy atom. The Morgan fingerprint density at radius 3 is 1.42 bits per heavy atom. The van der Waals surface area contributed by atoms with Gasteiger partial charge in [0.05, 0.1) is 15.8 Å². The first kappa shape index (κ1) is 21.8. The summed E-state index contributed by atoms with van der Waals surface area (Å²) in [5.41, 5.74) is -0.812. The predicted molar refractivity (Wildman–Crippen MR) is 50.4 cm³/mol. The molecule has 2 N–H and O–H groups in total. The van der Waals surface area contributed by atoms with Crippen LogP contribution in [-0.2, 0) is 20.2 Å². The number of rotatable bonds is 3. The maximum absolute atomic E-state index is 10.8. The van der Waals surface area contributed by atoms with E-state index in [1.54, 1.807) is 0 Å². The number of carboxylic acid groups (broad SMARTS) is 1. The fourth-order valence-corrected chi connectivity index (χ4v) is 2.17. The number of aromatic carboxylic acids is 1. The van der Waals surface area contributed by atoms with E-state index in [-0.39, 0.29) is 59.1 Å². The minimum atomic E-state index is -4.81. The van der Waals surface area contributed by atoms with E-state index in [0.717, 1.165) is 0 Å². The second-order valence-electron chi connectivity index (χ2n) is 2.93. The molecule has 94 valence electrons. The van der Waals surface area contributed by atoms with Crippen molar-refractivity contribution < 1.29 is 95.0 Å². The maximum atomic E-state index is 10.8. The average molecular weight is 327 g/mol. The summed E-state index contributed by atoms with van der Waals surface area (Å²) in [5, 5.41) is 10.5. The number of carbonyl (C=O) groups excluding carboxylic acids is 1. The van der Waals surface area contributed by atoms with E-state index in [9.17, 15) is 26.7 Å². The number of carbonyl (C=O) groups is 1. The number of hydrogen-bond acceptors (Lipinski definition) is 6. The van der Waals surface area contributed by atoms with Gasteiger partial charge in [-0.2, -0.15) is 16.8 Å². The maximum Gasteiger partial charge on any atom is 1.00 e. The summed E-state index contributed by atoms with van der Waals surface area (Å²) in [6.07, 6.45) is 0. The first-order chi connectivity index (χ1) is 7.51. The Hall–Kier alpha value is 0.510. The zero-order chi connectivity index (χ0) is 13.4. The third-order valence-electron chi connectivity index (χ3n) is 1.71. The third-order valence-corrected chi connectivity index (χ3v) is 3.37. The molecule has 0 aliphatic rings. The van der Waals surface area contributed by atoms with E-state index in [2.05, 4.69) is 0 Å². The van der Waals surface area contributed by atoms with Crippen LogP contribution in [0.25, 0.3) is 0 Å². The summed E-state index contributed by atoms with van der Waals surface area (Å²) in [6, 6.07) is 1.41. The second kappa shape index (κ2) is 7.50. The van der Waals surface area contributed by atoms with Gasteiger partial charge < -0.3 is 9.90 Å². The van der Waals surface area contributed by atoms with Crippen LogP contribution >= 0.6 is 0 Å². The molecule has 0 spiro atoms. The van der Waals surface area contributed by atoms with Crippen molar-refractivity contribution >= 4 is 26.2 Å². The molecule has 0 aromatic heterocycles. The summed E-state index contributed by atoms with van der Waals surface area (Å²) in [7, 11) is -9.62. The van der Waals surface area contributed by atoms with Crippen molar-refractivity contribution in [2.24, 2.45) is 0 Å². The van der Waals surface area contributed by atoms with Crippen LogP contribution in [-0.4, -0.2) is 31.9 Å². The molecule has 0 aliphatic carbocycles. The van der Waals surface area contributed by atoms with E-state index in [1.807, 2.05) is 0 Å². The Balaban J connectivity index is 0. The van der Waals surface area contributed by atoms with Crippen LogP contribution in [0.4, 0.5) is 0 Å². The first-order valence-corrected chi connectivity index (χ1v) is 6.71. The smallest absolute Gasteiger partial charge is 0.545 e. The fourth-order valence-electron chi connectivity index (χ4n) is 0.987. The molecule has 0 aliphatic heterocycles. The summed E-state index contributed by atoms with van der Waals surface area (Å²) < 4.78 is 60.3. The molecule has 0 unspecified atom stereocenters. The van der Waals surface area contributed by atoms with Gasteiger partial charge in [-0.05, 0) is 23.8 Å². The van der Waals surface area contributed by atoms with Crippen LogP contribution in [0.3, 0.4) is 0 Å². The van der Waals surface area contributed by atoms with Crippen LogP contribution in [0.2, 0.25) is 0 Å². The van der Waals surface area contributed by atoms with Crippen LogP contribution in [0, 0.1) is 0 Å². The van der Waals surface area contributed by atoms with Crippen LogP contribution in [0.15, 0.2) is 28.0 Å². The minimum absolute atomic E-state index is 0. The zero-order valence-electron chi connectivity index (χ0n) is 9.89. The average Bonchev–Trinajstić information content (AvgIpc) is 2.14. The minimum Gasteiger partial charge on any atom is -0.545 e. The van der Waals surface area contributed by atoms with Crippen molar-refractivity contribution in [3.63, 3.8) is 0 Å². The van der Waals surface area contributed by atoms with Gasteiger partial charge in [-0.3, -0.25) is 9.11 Å². The van der Waals surface area contributed by atoms with Crippen molar-refractivity contribution in [3.8, 4) is 0 Å². The molecule has 0 fully saturated rings. The molecule has 12 heteroatoms. The van der Waals surface area contributed by atoms with Gasteiger partial charge in [-0.1, -0.05) is 0 Å². The van der Waals surface area contributed by atoms with Crippen LogP contribution in [0.1, 0.15) is 10.4 Å². The number of carboxylic acids is 1. The molecule has 0 bridgehead atoms. The van der Waals surface area contributed by atoms with E-state index in [0.29, 0.717) is 18.2 Å². The number of benzene rings is 1. The van der Waals surface area contributed by atoms with Crippen LogP contribution < -0.4 is 64.2 Å². The van der Waals surface area contributed by atoms with Gasteiger partial charge in [0.25, 0.3) is 20.2 Å². The summed E-state index contributed by atoms with van der Waals surface area (Å²) in [4.78, 5) is 8.54. The molecular formula is C7H5Na2O8S2+. The standard InChI is InChI=1S/C7H6O8S2.2Na/c8-7(9)4-1-5(16(10,11)12)3-6(2-4)17(13,14)15;;/h1-3H,(H,8,9)(H,10,11,12)(H,13,14,15);;/q;2*+1/p-1. The summed E-state index contributed by atoms with van der Waals surface area (Å²) in [6.45, 7) is 0. The molecule has 0 amide bonds. The van der Waals surface area contributed by atoms with Crippen molar-refractivity contribution in [1.29, 1.82) is 0 Å². The summed E-state index contributed by atoms with van der Waals surface area (Å²) >= 11 is 0. The molecule has 19 heavy (non-hydrogen) atoms. The zero-order valence-corrected chi connectivity index (χ0v) is 15.5. The molecule has 1 aromatic rings. The van der Waals surface area contributed by atoms with Crippen LogP contribution in [0.5, 0.6) is 0 Å². The third kappa shape index (κ3) is 6.21. The molecule has 0 radical (unpaired) electrons. The van der Waals surface area contributed by atoms with Gasteiger partial charge in [0, 0.05) is 0 Å². The molecule has 8 nitrogen and oxygen atoms in total. The Morgan fingerprint density at radius 2 is 1.21 bits per heavy atom. The van der Waals surface area contributed by atoms with Crippen molar-refractivity contribution in [2.75, 3.05) is 0 Å². The molecular weight excluding hydrogens is 322 g/mol. The van der Waals surface area contributed by atoms with E-state index in [1.165, 1.54) is 0 Å². The number of hydrogen-bond donors (Lipinski definition) is 2. The molecule has 1 aromatic carbocycles. The van der Waals surface area contributed by atoms with Crippen molar-refractivity contribution in [3.05, 3.63) is 23.8 Å². The molecule has 0 heterocycles. The van der Waals surface area contributed by atoms with E-state index >= 15 is 0 Å². The molecule has 0 saturated heterocycles. The quantitative estimate of drug-likeness (QED) is 0.411. The fraction of sp³-hybridized carbons (Fsp3) is 0. The SMILES string of the molecule is O=C([O-])c1cc(S(=O)(=O)O)cc(S(=O)(=O)O)c1.[Na+].[Na+].